The molecule has 0 atom stereocenters. The number of nitrogens with zero attached hydrogens (tertiary/aromatic N) is 1. The summed E-state index contributed by atoms with van der Waals surface area (Å²) >= 11 is 0. The van der Waals surface area contributed by atoms with Gasteiger partial charge in [-0.25, -0.2) is 0 Å². The molecule has 2 amide bonds. The number of unbranched alkanes of at least 4 members (excludes halogenated alkanes) is 6. The number of carbonyl (C=O) groups is 2. The molecule has 2 N–H and O–H groups in total. The Labute approximate surface area is 157 Å². The Hall–Kier alpha value is -2.20. The molecule has 1 aromatic rings. The SMILES string of the molecule is C=CCCCCCN.C=CCCCCCN1C(=O)c2ccccc2C1=O. The molecule has 4 nitrogen and oxygen atoms in total. The number of rotatable bonds is 11. The number of nitrogens with two attached hydrogens (primary N) is 1. The Bertz CT molecular complexity index is 561. The predicted molar refractivity (Wildman–Crippen MR) is 108 cm³/mol. The molecule has 0 saturated heterocycles. The lowest BCUT2D eigenvalue weighted by Crippen LogP contribution is -2.30. The van der Waals surface area contributed by atoms with Gasteiger partial charge in [0, 0.05) is 6.54 Å². The minimum atomic E-state index is -0.153. The highest BCUT2D eigenvalue weighted by Crippen LogP contribution is 2.22. The first-order valence-electron chi connectivity index (χ1n) is 9.54. The lowest BCUT2D eigenvalue weighted by molar-refractivity contribution is 0.0651. The zero-order chi connectivity index (χ0) is 19.2. The van der Waals surface area contributed by atoms with Gasteiger partial charge in [-0.05, 0) is 57.2 Å². The van der Waals surface area contributed by atoms with Gasteiger partial charge in [0.05, 0.1) is 11.1 Å². The van der Waals surface area contributed by atoms with Gasteiger partial charge in [-0.3, -0.25) is 14.5 Å². The summed E-state index contributed by atoms with van der Waals surface area (Å²) in [6, 6.07) is 7.01. The van der Waals surface area contributed by atoms with Crippen molar-refractivity contribution in [2.45, 2.75) is 51.4 Å². The molecule has 0 radical (unpaired) electrons. The number of allylic oxidation sites excluding steroid dienone is 2. The van der Waals surface area contributed by atoms with Gasteiger partial charge in [-0.2, -0.15) is 0 Å². The van der Waals surface area contributed by atoms with Gasteiger partial charge in [0.15, 0.2) is 0 Å². The second kappa shape index (κ2) is 13.1. The number of amides is 2. The van der Waals surface area contributed by atoms with Crippen molar-refractivity contribution in [1.82, 2.24) is 4.90 Å². The third-order valence-corrected chi connectivity index (χ3v) is 4.28. The lowest BCUT2D eigenvalue weighted by atomic mass is 10.1. The van der Waals surface area contributed by atoms with Gasteiger partial charge in [0.25, 0.3) is 11.8 Å². The van der Waals surface area contributed by atoms with Crippen molar-refractivity contribution in [2.75, 3.05) is 13.1 Å². The number of benzene rings is 1. The van der Waals surface area contributed by atoms with Crippen molar-refractivity contribution < 1.29 is 9.59 Å². The molecular formula is C22H32N2O2. The summed E-state index contributed by atoms with van der Waals surface area (Å²) in [5.41, 5.74) is 6.36. The van der Waals surface area contributed by atoms with E-state index in [-0.39, 0.29) is 11.8 Å². The highest BCUT2D eigenvalue weighted by molar-refractivity contribution is 6.21. The molecule has 0 fully saturated rings. The van der Waals surface area contributed by atoms with E-state index in [1.807, 2.05) is 12.2 Å². The first-order valence-corrected chi connectivity index (χ1v) is 9.54. The molecule has 0 aromatic heterocycles. The van der Waals surface area contributed by atoms with Crippen LogP contribution in [0, 0.1) is 0 Å². The van der Waals surface area contributed by atoms with Crippen molar-refractivity contribution in [1.29, 1.82) is 0 Å². The second-order valence-electron chi connectivity index (χ2n) is 6.37. The van der Waals surface area contributed by atoms with Crippen LogP contribution in [0.3, 0.4) is 0 Å². The largest absolute Gasteiger partial charge is 0.330 e. The minimum absolute atomic E-state index is 0.153. The molecule has 2 rings (SSSR count). The average molecular weight is 357 g/mol. The van der Waals surface area contributed by atoms with Gasteiger partial charge in [-0.15, -0.1) is 13.2 Å². The molecule has 1 aliphatic heterocycles. The number of hydrogen-bond donors (Lipinski definition) is 1. The van der Waals surface area contributed by atoms with Crippen LogP contribution in [0.2, 0.25) is 0 Å². The Morgan fingerprint density at radius 3 is 1.77 bits per heavy atom. The molecule has 0 unspecified atom stereocenters. The normalized spacial score (nSPS) is 12.4. The van der Waals surface area contributed by atoms with Crippen LogP contribution < -0.4 is 5.73 Å². The third-order valence-electron chi connectivity index (χ3n) is 4.28. The van der Waals surface area contributed by atoms with Crippen LogP contribution in [0.5, 0.6) is 0 Å². The molecule has 1 aliphatic rings. The Morgan fingerprint density at radius 1 is 0.808 bits per heavy atom. The van der Waals surface area contributed by atoms with Gasteiger partial charge >= 0.3 is 0 Å². The number of hydrogen-bond acceptors (Lipinski definition) is 3. The monoisotopic (exact) mass is 356 g/mol. The fourth-order valence-electron chi connectivity index (χ4n) is 2.79. The van der Waals surface area contributed by atoms with E-state index < -0.39 is 0 Å². The molecule has 142 valence electrons. The van der Waals surface area contributed by atoms with Crippen LogP contribution >= 0.6 is 0 Å². The Morgan fingerprint density at radius 2 is 1.31 bits per heavy atom. The van der Waals surface area contributed by atoms with Crippen molar-refractivity contribution in [3.8, 4) is 0 Å². The quantitative estimate of drug-likeness (QED) is 0.354. The molecule has 0 bridgehead atoms. The van der Waals surface area contributed by atoms with Crippen LogP contribution in [-0.2, 0) is 0 Å². The van der Waals surface area contributed by atoms with Crippen LogP contribution in [0.4, 0.5) is 0 Å². The topological polar surface area (TPSA) is 63.4 Å². The van der Waals surface area contributed by atoms with Crippen LogP contribution in [0.25, 0.3) is 0 Å². The van der Waals surface area contributed by atoms with E-state index in [1.165, 1.54) is 17.7 Å². The molecule has 1 heterocycles. The van der Waals surface area contributed by atoms with E-state index in [9.17, 15) is 9.59 Å². The smallest absolute Gasteiger partial charge is 0.261 e. The molecule has 26 heavy (non-hydrogen) atoms. The summed E-state index contributed by atoms with van der Waals surface area (Å²) in [6.45, 7) is 8.64. The van der Waals surface area contributed by atoms with Crippen molar-refractivity contribution >= 4 is 11.8 Å². The maximum Gasteiger partial charge on any atom is 0.261 e. The zero-order valence-corrected chi connectivity index (χ0v) is 15.8. The van der Waals surface area contributed by atoms with Crippen LogP contribution in [-0.4, -0.2) is 29.8 Å². The average Bonchev–Trinajstić information content (AvgIpc) is 2.91. The zero-order valence-electron chi connectivity index (χ0n) is 15.8. The highest BCUT2D eigenvalue weighted by Gasteiger charge is 2.34. The van der Waals surface area contributed by atoms with Gasteiger partial charge in [0.2, 0.25) is 0 Å². The van der Waals surface area contributed by atoms with Crippen molar-refractivity contribution in [3.63, 3.8) is 0 Å². The second-order valence-corrected chi connectivity index (χ2v) is 6.37. The first kappa shape index (κ1) is 21.8. The predicted octanol–water partition coefficient (Wildman–Crippen LogP) is 4.72. The van der Waals surface area contributed by atoms with E-state index in [0.717, 1.165) is 45.1 Å². The molecule has 0 spiro atoms. The molecule has 0 aliphatic carbocycles. The van der Waals surface area contributed by atoms with Crippen molar-refractivity contribution in [2.24, 2.45) is 5.73 Å². The summed E-state index contributed by atoms with van der Waals surface area (Å²) in [6.07, 6.45) is 12.6. The number of carbonyl (C=O) groups excluding carboxylic acids is 2. The molecule has 0 saturated carbocycles. The summed E-state index contributed by atoms with van der Waals surface area (Å²) in [7, 11) is 0. The van der Waals surface area contributed by atoms with E-state index >= 15 is 0 Å². The van der Waals surface area contributed by atoms with Crippen molar-refractivity contribution in [3.05, 3.63) is 60.7 Å². The fourth-order valence-corrected chi connectivity index (χ4v) is 2.79. The summed E-state index contributed by atoms with van der Waals surface area (Å²) < 4.78 is 0. The molecular weight excluding hydrogens is 324 g/mol. The van der Waals surface area contributed by atoms with Gasteiger partial charge < -0.3 is 5.73 Å². The van der Waals surface area contributed by atoms with Crippen LogP contribution in [0.1, 0.15) is 72.1 Å². The standard InChI is InChI=1S/C15H17NO2.C7H15N/c1-2-3-4-5-8-11-16-14(17)12-9-6-7-10-13(12)15(16)18;1-2-3-4-5-6-7-8/h2,6-7,9-10H,1,3-5,8,11H2;2H,1,3-8H2. The molecule has 4 heteroatoms. The van der Waals surface area contributed by atoms with Crippen LogP contribution in [0.15, 0.2) is 49.6 Å². The lowest BCUT2D eigenvalue weighted by Gasteiger charge is -2.13. The number of imide groups is 1. The number of fused-ring (bicyclic) bond motifs is 1. The minimum Gasteiger partial charge on any atom is -0.330 e. The maximum atomic E-state index is 12.0. The van der Waals surface area contributed by atoms with Gasteiger partial charge in [-0.1, -0.05) is 37.1 Å². The molecule has 1 aromatic carbocycles. The van der Waals surface area contributed by atoms with Gasteiger partial charge in [0.1, 0.15) is 0 Å². The van der Waals surface area contributed by atoms with E-state index in [2.05, 4.69) is 13.2 Å². The van der Waals surface area contributed by atoms with E-state index in [4.69, 9.17) is 5.73 Å². The Balaban J connectivity index is 0.000000359. The highest BCUT2D eigenvalue weighted by atomic mass is 16.2. The summed E-state index contributed by atoms with van der Waals surface area (Å²) in [4.78, 5) is 25.4. The van der Waals surface area contributed by atoms with E-state index in [0.29, 0.717) is 17.7 Å². The summed E-state index contributed by atoms with van der Waals surface area (Å²) in [5, 5.41) is 0. The fraction of sp³-hybridized carbons (Fsp3) is 0.455. The van der Waals surface area contributed by atoms with E-state index in [1.54, 1.807) is 24.3 Å². The first-order chi connectivity index (χ1) is 12.7. The Kier molecular flexibility index (Phi) is 11.0. The third kappa shape index (κ3) is 6.96. The summed E-state index contributed by atoms with van der Waals surface area (Å²) in [5.74, 6) is -0.307. The maximum absolute atomic E-state index is 12.0.